The molecule has 4 aliphatic heterocycles. The molecule has 346 valence electrons. The van der Waals surface area contributed by atoms with Crippen molar-refractivity contribution < 1.29 is 47.5 Å². The van der Waals surface area contributed by atoms with Gasteiger partial charge in [-0.15, -0.1) is 0 Å². The molecular formula is C50H76N2O10. The Morgan fingerprint density at radius 3 is 2.19 bits per heavy atom. The molecule has 4 unspecified atom stereocenters. The highest BCUT2D eigenvalue weighted by Crippen LogP contribution is 2.66. The van der Waals surface area contributed by atoms with Crippen molar-refractivity contribution in [2.45, 2.75) is 184 Å². The van der Waals surface area contributed by atoms with E-state index in [-0.39, 0.29) is 108 Å². The molecule has 7 aliphatic rings. The third-order valence-electron chi connectivity index (χ3n) is 16.5. The molecule has 0 N–H and O–H groups in total. The summed E-state index contributed by atoms with van der Waals surface area (Å²) in [6.07, 6.45) is 6.05. The number of cyclic esters (lactones) is 1. The Hall–Kier alpha value is -2.26. The maximum absolute atomic E-state index is 15.3. The molecule has 20 atom stereocenters. The Bertz CT molecular complexity index is 1740. The van der Waals surface area contributed by atoms with Crippen LogP contribution in [0.25, 0.3) is 0 Å². The minimum atomic E-state index is -0.624. The lowest BCUT2D eigenvalue weighted by Crippen LogP contribution is -2.59. The number of likely N-dealkylation sites (tertiary alicyclic amines) is 1. The van der Waals surface area contributed by atoms with E-state index in [2.05, 4.69) is 94.9 Å². The predicted octanol–water partition coefficient (Wildman–Crippen LogP) is 6.92. The highest BCUT2D eigenvalue weighted by atomic mass is 16.7. The molecule has 12 nitrogen and oxygen atoms in total. The molecular weight excluding hydrogens is 789 g/mol. The fraction of sp³-hybridized carbons (Fsp3) is 0.800. The fourth-order valence-electron chi connectivity index (χ4n) is 13.4. The average Bonchev–Trinajstić information content (AvgIpc) is 3.69. The molecule has 0 amide bonds. The number of rotatable bonds is 11. The maximum atomic E-state index is 15.3. The lowest BCUT2D eigenvalue weighted by molar-refractivity contribution is -0.314. The molecule has 0 spiro atoms. The smallest absolute Gasteiger partial charge is 0.306 e. The van der Waals surface area contributed by atoms with E-state index in [9.17, 15) is 4.79 Å². The zero-order chi connectivity index (χ0) is 44.2. The summed E-state index contributed by atoms with van der Waals surface area (Å²) in [5.41, 5.74) is 1.78. The number of hydrogen-bond acceptors (Lipinski definition) is 12. The minimum Gasteiger partial charge on any atom is -0.462 e. The van der Waals surface area contributed by atoms with Gasteiger partial charge in [0.25, 0.3) is 0 Å². The Labute approximate surface area is 371 Å². The number of esters is 1. The summed E-state index contributed by atoms with van der Waals surface area (Å²) in [6, 6.07) is 11.5. The second-order valence-electron chi connectivity index (χ2n) is 20.4. The molecule has 3 aliphatic carbocycles. The van der Waals surface area contributed by atoms with Crippen LogP contribution in [0.5, 0.6) is 0 Å². The van der Waals surface area contributed by atoms with Crippen LogP contribution in [0.4, 0.5) is 0 Å². The van der Waals surface area contributed by atoms with Gasteiger partial charge in [0, 0.05) is 56.8 Å². The van der Waals surface area contributed by atoms with Crippen molar-refractivity contribution in [1.82, 2.24) is 9.80 Å². The minimum absolute atomic E-state index is 0.0220. The van der Waals surface area contributed by atoms with Crippen LogP contribution in [0.15, 0.2) is 42.0 Å². The van der Waals surface area contributed by atoms with Crippen LogP contribution >= 0.6 is 0 Å². The summed E-state index contributed by atoms with van der Waals surface area (Å²) in [7, 11) is 9.23. The standard InChI is InChI=1S/C50H76N2O10/c1-12-31-19-16-20-39(62-41-22-21-38(51(7)8)28(3)58-41)27(2)45(54)37-25-34-33-23-32(61-49-48(57-11)47(56-10)46(55-9)29(4)59-49)24-36(33)43-44(42(34)35(37)26-40(53)60-31)52(43)50(5,6)30-17-14-13-15-18-30/h13-15,17-18,25,27-29,31-36,38-39,41-44,46-49H,12,16,19-24,26H2,1-11H3/t27-,28?,29?,31+,32+,33+,34+,35-,36-,38+,39+,41+,42-,43+,44-,46+,47?,48+,49+,52?/m1/s1. The number of nitrogens with zero attached hydrogens (tertiary/aromatic N) is 2. The highest BCUT2D eigenvalue weighted by molar-refractivity contribution is 5.99. The zero-order valence-electron chi connectivity index (χ0n) is 39.3. The quantitative estimate of drug-likeness (QED) is 0.170. The monoisotopic (exact) mass is 865 g/mol. The van der Waals surface area contributed by atoms with Crippen LogP contribution in [0.3, 0.4) is 0 Å². The van der Waals surface area contributed by atoms with Crippen molar-refractivity contribution in [3.05, 3.63) is 47.5 Å². The second-order valence-corrected chi connectivity index (χ2v) is 20.4. The van der Waals surface area contributed by atoms with Crippen LogP contribution in [-0.2, 0) is 53.0 Å². The molecule has 1 aromatic rings. The Kier molecular flexibility index (Phi) is 14.1. The summed E-state index contributed by atoms with van der Waals surface area (Å²) >= 11 is 0. The first-order valence-electron chi connectivity index (χ1n) is 23.9. The van der Waals surface area contributed by atoms with Gasteiger partial charge in [-0.25, -0.2) is 0 Å². The van der Waals surface area contributed by atoms with Crippen molar-refractivity contribution in [1.29, 1.82) is 0 Å². The van der Waals surface area contributed by atoms with Crippen molar-refractivity contribution in [3.63, 3.8) is 0 Å². The first-order chi connectivity index (χ1) is 29.7. The summed E-state index contributed by atoms with van der Waals surface area (Å²) in [5.74, 6) is 0.00842. The Morgan fingerprint density at radius 1 is 0.823 bits per heavy atom. The molecule has 2 saturated carbocycles. The van der Waals surface area contributed by atoms with Gasteiger partial charge < -0.3 is 42.8 Å². The highest BCUT2D eigenvalue weighted by Gasteiger charge is 2.71. The molecule has 0 aromatic heterocycles. The number of hydrogen-bond donors (Lipinski definition) is 0. The molecule has 4 heterocycles. The summed E-state index contributed by atoms with van der Waals surface area (Å²) in [5, 5.41) is 0. The fourth-order valence-corrected chi connectivity index (χ4v) is 13.4. The second kappa shape index (κ2) is 18.9. The molecule has 0 bridgehead atoms. The van der Waals surface area contributed by atoms with Gasteiger partial charge in [0.15, 0.2) is 18.4 Å². The van der Waals surface area contributed by atoms with E-state index < -0.39 is 18.3 Å². The number of benzene rings is 1. The van der Waals surface area contributed by atoms with Gasteiger partial charge >= 0.3 is 5.97 Å². The number of carbonyl (C=O) groups excluding carboxylic acids is 2. The topological polar surface area (TPSA) is 114 Å². The summed E-state index contributed by atoms with van der Waals surface area (Å²) in [6.45, 7) is 12.9. The SMILES string of the molecule is CC[C@H]1CCC[C@H](O[C@H]2CC[C@H](N(C)C)C(C)O2)[C@@H](C)C(=O)C2=C[C@H]3[C@@H]4C[C@H](O[C@@H]5OC(C)[C@H](OC)C(OC)[C@@H]5OC)C[C@H]4[C@H]4[C@@H]([C@H]3[C@@H]2CC(=O)O1)N4C(C)(C)c1ccccc1. The lowest BCUT2D eigenvalue weighted by Gasteiger charge is -2.44. The number of methoxy groups -OCH3 is 3. The van der Waals surface area contributed by atoms with Gasteiger partial charge in [-0.05, 0) is 128 Å². The van der Waals surface area contributed by atoms with Crippen molar-refractivity contribution in [3.8, 4) is 0 Å². The zero-order valence-corrected chi connectivity index (χ0v) is 39.3. The number of likely N-dealkylation sites (N-methyl/N-ethyl adjacent to an activating group) is 1. The van der Waals surface area contributed by atoms with Crippen molar-refractivity contribution in [2.24, 2.45) is 35.5 Å². The maximum Gasteiger partial charge on any atom is 0.306 e. The Balaban J connectivity index is 1.12. The third-order valence-corrected chi connectivity index (χ3v) is 16.5. The van der Waals surface area contributed by atoms with Gasteiger partial charge in [0.2, 0.25) is 0 Å². The van der Waals surface area contributed by atoms with Crippen molar-refractivity contribution >= 4 is 11.8 Å². The van der Waals surface area contributed by atoms with Crippen LogP contribution < -0.4 is 0 Å². The van der Waals surface area contributed by atoms with Gasteiger partial charge in [0.05, 0.1) is 30.8 Å². The van der Waals surface area contributed by atoms with Gasteiger partial charge in [-0.1, -0.05) is 50.3 Å². The van der Waals surface area contributed by atoms with E-state index in [1.807, 2.05) is 6.92 Å². The Morgan fingerprint density at radius 2 is 1.53 bits per heavy atom. The number of carbonyl (C=O) groups is 2. The number of ether oxygens (including phenoxy) is 8. The van der Waals surface area contributed by atoms with Gasteiger partial charge in [-0.3, -0.25) is 14.5 Å². The van der Waals surface area contributed by atoms with E-state index >= 15 is 4.79 Å². The molecule has 0 radical (unpaired) electrons. The van der Waals surface area contributed by atoms with Crippen LogP contribution in [0.2, 0.25) is 0 Å². The van der Waals surface area contributed by atoms with E-state index in [0.29, 0.717) is 18.4 Å². The molecule has 6 fully saturated rings. The van der Waals surface area contributed by atoms with E-state index in [4.69, 9.17) is 37.9 Å². The van der Waals surface area contributed by atoms with Crippen LogP contribution in [0.1, 0.15) is 105 Å². The number of allylic oxidation sites excluding steroid dienone is 2. The third kappa shape index (κ3) is 8.63. The molecule has 1 aromatic carbocycles. The molecule has 12 heteroatoms. The van der Waals surface area contributed by atoms with Crippen LogP contribution in [0, 0.1) is 35.5 Å². The van der Waals surface area contributed by atoms with E-state index in [1.54, 1.807) is 21.3 Å². The van der Waals surface area contributed by atoms with Crippen LogP contribution in [-0.4, -0.2) is 137 Å². The first-order valence-corrected chi connectivity index (χ1v) is 23.9. The molecule has 8 rings (SSSR count). The number of Topliss-reactive ketones (excluding diaryl/α,β-unsaturated/α-hetero) is 1. The summed E-state index contributed by atoms with van der Waals surface area (Å²) < 4.78 is 50.9. The first kappa shape index (κ1) is 46.3. The normalized spacial score (nSPS) is 44.9. The van der Waals surface area contributed by atoms with Gasteiger partial charge in [0.1, 0.15) is 24.4 Å². The molecule has 4 saturated heterocycles. The number of fused-ring (bicyclic) bond motifs is 8. The lowest BCUT2D eigenvalue weighted by atomic mass is 9.66. The molecule has 62 heavy (non-hydrogen) atoms. The van der Waals surface area contributed by atoms with Crippen molar-refractivity contribution in [2.75, 3.05) is 35.4 Å². The van der Waals surface area contributed by atoms with E-state index in [0.717, 1.165) is 50.5 Å². The van der Waals surface area contributed by atoms with E-state index in [1.165, 1.54) is 5.56 Å². The largest absolute Gasteiger partial charge is 0.462 e. The van der Waals surface area contributed by atoms with Gasteiger partial charge in [-0.2, -0.15) is 0 Å². The summed E-state index contributed by atoms with van der Waals surface area (Å²) in [4.78, 5) is 34.3. The average molecular weight is 865 g/mol. The predicted molar refractivity (Wildman–Crippen MR) is 234 cm³/mol. The number of ketones is 1.